The van der Waals surface area contributed by atoms with Gasteiger partial charge in [0, 0.05) is 12.5 Å². The second-order valence-electron chi connectivity index (χ2n) is 3.80. The molecule has 0 aromatic heterocycles. The van der Waals surface area contributed by atoms with Crippen LogP contribution in [0.5, 0.6) is 5.75 Å². The lowest BCUT2D eigenvalue weighted by atomic mass is 10.1. The molecule has 3 N–H and O–H groups in total. The molecule has 0 heterocycles. The highest BCUT2D eigenvalue weighted by Crippen LogP contribution is 2.25. The van der Waals surface area contributed by atoms with Crippen LogP contribution < -0.4 is 15.8 Å². The molecule has 0 radical (unpaired) electrons. The third kappa shape index (κ3) is 4.67. The first-order valence-corrected chi connectivity index (χ1v) is 5.62. The predicted octanol–water partition coefficient (Wildman–Crippen LogP) is 2.35. The highest BCUT2D eigenvalue weighted by molar-refractivity contribution is 5.92. The van der Waals surface area contributed by atoms with Gasteiger partial charge in [-0.2, -0.15) is 8.78 Å². The van der Waals surface area contributed by atoms with Gasteiger partial charge < -0.3 is 15.8 Å². The van der Waals surface area contributed by atoms with Crippen molar-refractivity contribution in [3.05, 3.63) is 24.3 Å². The number of alkyl halides is 2. The minimum absolute atomic E-state index is 0.0640. The number of amides is 1. The SMILES string of the molecule is CCC(N)CC(=O)Nc1ccccc1OC(F)F. The number of nitrogens with two attached hydrogens (primary N) is 1. The van der Waals surface area contributed by atoms with E-state index in [9.17, 15) is 13.6 Å². The minimum atomic E-state index is -2.93. The van der Waals surface area contributed by atoms with Crippen LogP contribution in [0.25, 0.3) is 0 Å². The maximum Gasteiger partial charge on any atom is 0.387 e. The molecular formula is C12H16F2N2O2. The normalized spacial score (nSPS) is 12.3. The Hall–Kier alpha value is -1.69. The predicted molar refractivity (Wildman–Crippen MR) is 64.6 cm³/mol. The molecule has 100 valence electrons. The maximum absolute atomic E-state index is 12.1. The van der Waals surface area contributed by atoms with Gasteiger partial charge >= 0.3 is 6.61 Å². The summed E-state index contributed by atoms with van der Waals surface area (Å²) in [4.78, 5) is 11.6. The van der Waals surface area contributed by atoms with Crippen LogP contribution in [0.1, 0.15) is 19.8 Å². The molecule has 0 saturated carbocycles. The Morgan fingerprint density at radius 2 is 2.11 bits per heavy atom. The molecule has 0 spiro atoms. The van der Waals surface area contributed by atoms with Crippen molar-refractivity contribution >= 4 is 11.6 Å². The molecule has 0 fully saturated rings. The van der Waals surface area contributed by atoms with Gasteiger partial charge in [0.1, 0.15) is 5.75 Å². The summed E-state index contributed by atoms with van der Waals surface area (Å²) in [5.74, 6) is -0.388. The van der Waals surface area contributed by atoms with Crippen molar-refractivity contribution in [1.82, 2.24) is 0 Å². The Morgan fingerprint density at radius 1 is 1.44 bits per heavy atom. The molecule has 1 amide bonds. The number of benzene rings is 1. The van der Waals surface area contributed by atoms with E-state index in [4.69, 9.17) is 5.73 Å². The number of anilines is 1. The zero-order valence-electron chi connectivity index (χ0n) is 10.0. The number of para-hydroxylation sites is 2. The minimum Gasteiger partial charge on any atom is -0.433 e. The van der Waals surface area contributed by atoms with Crippen molar-refractivity contribution in [2.24, 2.45) is 5.73 Å². The van der Waals surface area contributed by atoms with E-state index in [0.717, 1.165) is 0 Å². The Kier molecular flexibility index (Phi) is 5.51. The molecular weight excluding hydrogens is 242 g/mol. The lowest BCUT2D eigenvalue weighted by Gasteiger charge is -2.13. The second-order valence-corrected chi connectivity index (χ2v) is 3.80. The lowest BCUT2D eigenvalue weighted by Crippen LogP contribution is -2.26. The molecule has 1 aromatic rings. The third-order valence-electron chi connectivity index (χ3n) is 2.35. The van der Waals surface area contributed by atoms with Gasteiger partial charge in [0.05, 0.1) is 5.69 Å². The zero-order valence-corrected chi connectivity index (χ0v) is 10.0. The number of ether oxygens (including phenoxy) is 1. The van der Waals surface area contributed by atoms with Crippen molar-refractivity contribution < 1.29 is 18.3 Å². The van der Waals surface area contributed by atoms with Gasteiger partial charge in [-0.15, -0.1) is 0 Å². The summed E-state index contributed by atoms with van der Waals surface area (Å²) >= 11 is 0. The summed E-state index contributed by atoms with van der Waals surface area (Å²) in [7, 11) is 0. The largest absolute Gasteiger partial charge is 0.433 e. The Bertz CT molecular complexity index is 399. The first-order chi connectivity index (χ1) is 8.52. The number of rotatable bonds is 6. The van der Waals surface area contributed by atoms with E-state index in [-0.39, 0.29) is 29.8 Å². The summed E-state index contributed by atoms with van der Waals surface area (Å²) < 4.78 is 28.6. The van der Waals surface area contributed by atoms with Gasteiger partial charge in [0.15, 0.2) is 0 Å². The first-order valence-electron chi connectivity index (χ1n) is 5.62. The lowest BCUT2D eigenvalue weighted by molar-refractivity contribution is -0.116. The maximum atomic E-state index is 12.1. The van der Waals surface area contributed by atoms with Crippen LogP contribution in [0.3, 0.4) is 0 Å². The van der Waals surface area contributed by atoms with Crippen molar-refractivity contribution in [2.75, 3.05) is 5.32 Å². The number of hydrogen-bond acceptors (Lipinski definition) is 3. The van der Waals surface area contributed by atoms with Crippen LogP contribution in [0.15, 0.2) is 24.3 Å². The molecule has 1 unspecified atom stereocenters. The van der Waals surface area contributed by atoms with Gasteiger partial charge in [0.25, 0.3) is 0 Å². The zero-order chi connectivity index (χ0) is 13.5. The fourth-order valence-electron chi connectivity index (χ4n) is 1.35. The van der Waals surface area contributed by atoms with Crippen LogP contribution in [0.2, 0.25) is 0 Å². The summed E-state index contributed by atoms with van der Waals surface area (Å²) in [6, 6.07) is 5.78. The smallest absolute Gasteiger partial charge is 0.387 e. The van der Waals surface area contributed by atoms with Crippen molar-refractivity contribution in [2.45, 2.75) is 32.4 Å². The van der Waals surface area contributed by atoms with Crippen LogP contribution in [-0.4, -0.2) is 18.6 Å². The first kappa shape index (κ1) is 14.4. The fourth-order valence-corrected chi connectivity index (χ4v) is 1.35. The summed E-state index contributed by atoms with van der Waals surface area (Å²) in [5.41, 5.74) is 5.85. The number of carbonyl (C=O) groups excluding carboxylic acids is 1. The highest BCUT2D eigenvalue weighted by atomic mass is 19.3. The monoisotopic (exact) mass is 258 g/mol. The molecule has 6 heteroatoms. The standard InChI is InChI=1S/C12H16F2N2O2/c1-2-8(15)7-11(17)16-9-5-3-4-6-10(9)18-12(13)14/h3-6,8,12H,2,7,15H2,1H3,(H,16,17). The molecule has 4 nitrogen and oxygen atoms in total. The van der Waals surface area contributed by atoms with Gasteiger partial charge in [-0.1, -0.05) is 19.1 Å². The number of hydrogen-bond donors (Lipinski definition) is 2. The molecule has 1 aromatic carbocycles. The molecule has 1 atom stereocenters. The second kappa shape index (κ2) is 6.90. The topological polar surface area (TPSA) is 64.4 Å². The Morgan fingerprint density at radius 3 is 2.72 bits per heavy atom. The van der Waals surface area contributed by atoms with Gasteiger partial charge in [-0.25, -0.2) is 0 Å². The van der Waals surface area contributed by atoms with E-state index in [1.54, 1.807) is 12.1 Å². The van der Waals surface area contributed by atoms with Crippen molar-refractivity contribution in [3.63, 3.8) is 0 Å². The quantitative estimate of drug-likeness (QED) is 0.823. The molecule has 18 heavy (non-hydrogen) atoms. The third-order valence-corrected chi connectivity index (χ3v) is 2.35. The molecule has 0 aliphatic heterocycles. The van der Waals surface area contributed by atoms with Crippen LogP contribution in [-0.2, 0) is 4.79 Å². The van der Waals surface area contributed by atoms with Crippen LogP contribution in [0.4, 0.5) is 14.5 Å². The van der Waals surface area contributed by atoms with Crippen LogP contribution >= 0.6 is 0 Å². The molecule has 1 rings (SSSR count). The molecule has 0 bridgehead atoms. The fraction of sp³-hybridized carbons (Fsp3) is 0.417. The van der Waals surface area contributed by atoms with E-state index in [0.29, 0.717) is 6.42 Å². The van der Waals surface area contributed by atoms with Crippen LogP contribution in [0, 0.1) is 0 Å². The number of nitrogens with one attached hydrogen (secondary N) is 1. The van der Waals surface area contributed by atoms with Crippen molar-refractivity contribution in [1.29, 1.82) is 0 Å². The average molecular weight is 258 g/mol. The van der Waals surface area contributed by atoms with E-state index in [2.05, 4.69) is 10.1 Å². The van der Waals surface area contributed by atoms with E-state index < -0.39 is 6.61 Å². The van der Waals surface area contributed by atoms with E-state index in [1.807, 2.05) is 6.92 Å². The highest BCUT2D eigenvalue weighted by Gasteiger charge is 2.13. The van der Waals surface area contributed by atoms with E-state index >= 15 is 0 Å². The molecule has 0 aliphatic rings. The van der Waals surface area contributed by atoms with Gasteiger partial charge in [0.2, 0.25) is 5.91 Å². The van der Waals surface area contributed by atoms with Crippen molar-refractivity contribution in [3.8, 4) is 5.75 Å². The number of halogens is 2. The summed E-state index contributed by atoms with van der Waals surface area (Å²) in [5, 5.41) is 2.50. The number of carbonyl (C=O) groups is 1. The molecule has 0 aliphatic carbocycles. The average Bonchev–Trinajstić information content (AvgIpc) is 2.30. The summed E-state index contributed by atoms with van der Waals surface area (Å²) in [6.45, 7) is -1.06. The van der Waals surface area contributed by atoms with Gasteiger partial charge in [-0.3, -0.25) is 4.79 Å². The molecule has 0 saturated heterocycles. The Balaban J connectivity index is 2.68. The Labute approximate surface area is 104 Å². The van der Waals surface area contributed by atoms with E-state index in [1.165, 1.54) is 12.1 Å². The van der Waals surface area contributed by atoms with Gasteiger partial charge in [-0.05, 0) is 18.6 Å². The summed E-state index contributed by atoms with van der Waals surface area (Å²) in [6.07, 6.45) is 0.808.